The van der Waals surface area contributed by atoms with Gasteiger partial charge in [0.1, 0.15) is 5.82 Å². The normalized spacial score (nSPS) is 21.7. The molecule has 0 aliphatic heterocycles. The third-order valence-corrected chi connectivity index (χ3v) is 4.97. The molecule has 1 heterocycles. The fourth-order valence-corrected chi connectivity index (χ4v) is 3.84. The monoisotopic (exact) mass is 322 g/mol. The molecule has 0 radical (unpaired) electrons. The van der Waals surface area contributed by atoms with Gasteiger partial charge >= 0.3 is 5.97 Å². The van der Waals surface area contributed by atoms with Crippen molar-refractivity contribution < 1.29 is 13.9 Å². The van der Waals surface area contributed by atoms with E-state index in [0.717, 1.165) is 41.0 Å². The molecule has 0 atom stereocenters. The Hall–Kier alpha value is -1.69. The zero-order valence-electron chi connectivity index (χ0n) is 12.5. The smallest absolute Gasteiger partial charge is 0.308 e. The van der Waals surface area contributed by atoms with Crippen LogP contribution in [0.2, 0.25) is 0 Å². The number of carbonyl (C=O) groups excluding carboxylic acids is 1. The van der Waals surface area contributed by atoms with Gasteiger partial charge in [0.15, 0.2) is 5.13 Å². The summed E-state index contributed by atoms with van der Waals surface area (Å²) in [6, 6.07) is 4.95. The Bertz CT molecular complexity index is 665. The van der Waals surface area contributed by atoms with Crippen LogP contribution in [0.1, 0.15) is 32.6 Å². The highest BCUT2D eigenvalue weighted by molar-refractivity contribution is 7.22. The number of benzene rings is 1. The van der Waals surface area contributed by atoms with E-state index < -0.39 is 0 Å². The van der Waals surface area contributed by atoms with Gasteiger partial charge in [0, 0.05) is 6.04 Å². The Kier molecular flexibility index (Phi) is 4.57. The molecule has 2 aromatic rings. The molecule has 6 heteroatoms. The maximum Gasteiger partial charge on any atom is 0.308 e. The van der Waals surface area contributed by atoms with E-state index in [4.69, 9.17) is 4.74 Å². The minimum absolute atomic E-state index is 0.0301. The van der Waals surface area contributed by atoms with E-state index in [-0.39, 0.29) is 17.7 Å². The number of aromatic nitrogens is 1. The van der Waals surface area contributed by atoms with Crippen LogP contribution in [0.25, 0.3) is 10.2 Å². The molecule has 1 saturated carbocycles. The fourth-order valence-electron chi connectivity index (χ4n) is 2.87. The summed E-state index contributed by atoms with van der Waals surface area (Å²) < 4.78 is 19.1. The molecule has 0 unspecified atom stereocenters. The second kappa shape index (κ2) is 6.60. The number of esters is 1. The van der Waals surface area contributed by atoms with E-state index in [1.165, 1.54) is 23.5 Å². The number of nitrogens with one attached hydrogen (secondary N) is 1. The van der Waals surface area contributed by atoms with Gasteiger partial charge < -0.3 is 10.1 Å². The second-order valence-corrected chi connectivity index (χ2v) is 6.61. The molecular weight excluding hydrogens is 303 g/mol. The van der Waals surface area contributed by atoms with E-state index in [1.807, 2.05) is 6.92 Å². The first kappa shape index (κ1) is 15.2. The summed E-state index contributed by atoms with van der Waals surface area (Å²) in [4.78, 5) is 16.2. The predicted octanol–water partition coefficient (Wildman–Crippen LogP) is 3.97. The number of rotatable bonds is 4. The highest BCUT2D eigenvalue weighted by atomic mass is 32.1. The molecule has 3 rings (SSSR count). The Morgan fingerprint density at radius 1 is 1.41 bits per heavy atom. The Labute approximate surface area is 132 Å². The van der Waals surface area contributed by atoms with Crippen LogP contribution in [0.4, 0.5) is 9.52 Å². The number of hydrogen-bond donors (Lipinski definition) is 1. The minimum Gasteiger partial charge on any atom is -0.466 e. The lowest BCUT2D eigenvalue weighted by Gasteiger charge is -2.27. The highest BCUT2D eigenvalue weighted by Gasteiger charge is 2.27. The average Bonchev–Trinajstić information content (AvgIpc) is 2.89. The van der Waals surface area contributed by atoms with Gasteiger partial charge in [-0.25, -0.2) is 9.37 Å². The number of ether oxygens (including phenoxy) is 1. The lowest BCUT2D eigenvalue weighted by Crippen LogP contribution is -2.30. The fraction of sp³-hybridized carbons (Fsp3) is 0.500. The van der Waals surface area contributed by atoms with Crippen molar-refractivity contribution in [2.75, 3.05) is 11.9 Å². The Morgan fingerprint density at radius 2 is 2.18 bits per heavy atom. The van der Waals surface area contributed by atoms with Crippen molar-refractivity contribution in [1.82, 2.24) is 4.98 Å². The first-order valence-electron chi connectivity index (χ1n) is 7.65. The first-order chi connectivity index (χ1) is 10.7. The van der Waals surface area contributed by atoms with Crippen LogP contribution in [-0.2, 0) is 9.53 Å². The lowest BCUT2D eigenvalue weighted by atomic mass is 9.86. The number of anilines is 1. The summed E-state index contributed by atoms with van der Waals surface area (Å²) in [6.45, 7) is 2.28. The third kappa shape index (κ3) is 3.38. The van der Waals surface area contributed by atoms with Crippen LogP contribution in [0.5, 0.6) is 0 Å². The van der Waals surface area contributed by atoms with Crippen LogP contribution >= 0.6 is 11.3 Å². The molecule has 1 N–H and O–H groups in total. The minimum atomic E-state index is -0.238. The molecule has 0 bridgehead atoms. The maximum atomic E-state index is 13.2. The van der Waals surface area contributed by atoms with Crippen molar-refractivity contribution in [3.8, 4) is 0 Å². The summed E-state index contributed by atoms with van der Waals surface area (Å²) in [5, 5.41) is 4.23. The molecule has 1 aliphatic carbocycles. The largest absolute Gasteiger partial charge is 0.466 e. The van der Waals surface area contributed by atoms with Crippen molar-refractivity contribution in [2.24, 2.45) is 5.92 Å². The number of carbonyl (C=O) groups is 1. The number of hydrogen-bond acceptors (Lipinski definition) is 5. The molecule has 118 valence electrons. The van der Waals surface area contributed by atoms with Crippen LogP contribution in [0.15, 0.2) is 18.2 Å². The first-order valence-corrected chi connectivity index (χ1v) is 8.46. The number of fused-ring (bicyclic) bond motifs is 1. The highest BCUT2D eigenvalue weighted by Crippen LogP contribution is 2.31. The molecule has 1 aromatic carbocycles. The van der Waals surface area contributed by atoms with Crippen LogP contribution < -0.4 is 5.32 Å². The van der Waals surface area contributed by atoms with Gasteiger partial charge in [-0.1, -0.05) is 11.3 Å². The third-order valence-electron chi connectivity index (χ3n) is 4.03. The number of halogens is 1. The van der Waals surface area contributed by atoms with Gasteiger partial charge in [0.05, 0.1) is 22.7 Å². The summed E-state index contributed by atoms with van der Waals surface area (Å²) in [5.74, 6) is -0.281. The van der Waals surface area contributed by atoms with Gasteiger partial charge in [0.2, 0.25) is 0 Å². The van der Waals surface area contributed by atoms with E-state index in [1.54, 1.807) is 6.07 Å². The SMILES string of the molecule is CCOC(=O)C1CCC(Nc2nc3ccc(F)cc3s2)CC1. The molecule has 1 aliphatic rings. The molecule has 1 aromatic heterocycles. The van der Waals surface area contributed by atoms with Crippen molar-refractivity contribution >= 4 is 32.7 Å². The quantitative estimate of drug-likeness (QED) is 0.865. The molecule has 0 saturated heterocycles. The Morgan fingerprint density at radius 3 is 2.91 bits per heavy atom. The van der Waals surface area contributed by atoms with E-state index in [9.17, 15) is 9.18 Å². The van der Waals surface area contributed by atoms with Crippen molar-refractivity contribution in [3.63, 3.8) is 0 Å². The molecule has 22 heavy (non-hydrogen) atoms. The molecule has 0 spiro atoms. The lowest BCUT2D eigenvalue weighted by molar-refractivity contribution is -0.149. The van der Waals surface area contributed by atoms with E-state index in [2.05, 4.69) is 10.3 Å². The summed E-state index contributed by atoms with van der Waals surface area (Å²) in [7, 11) is 0. The van der Waals surface area contributed by atoms with E-state index >= 15 is 0 Å². The average molecular weight is 322 g/mol. The standard InChI is InChI=1S/C16H19FN2O2S/c1-2-21-15(20)10-3-6-12(7-4-10)18-16-19-13-8-5-11(17)9-14(13)22-16/h5,8-10,12H,2-4,6-7H2,1H3,(H,18,19). The van der Waals surface area contributed by atoms with Gasteiger partial charge in [0.25, 0.3) is 0 Å². The van der Waals surface area contributed by atoms with Gasteiger partial charge in [-0.15, -0.1) is 0 Å². The van der Waals surface area contributed by atoms with Crippen molar-refractivity contribution in [1.29, 1.82) is 0 Å². The number of thiazole rings is 1. The second-order valence-electron chi connectivity index (χ2n) is 5.58. The summed E-state index contributed by atoms with van der Waals surface area (Å²) in [5.41, 5.74) is 0.814. The van der Waals surface area contributed by atoms with Crippen molar-refractivity contribution in [2.45, 2.75) is 38.6 Å². The number of nitrogens with zero attached hydrogens (tertiary/aromatic N) is 1. The summed E-state index contributed by atoms with van der Waals surface area (Å²) in [6.07, 6.45) is 3.54. The van der Waals surface area contributed by atoms with Crippen LogP contribution in [-0.4, -0.2) is 23.6 Å². The topological polar surface area (TPSA) is 51.2 Å². The molecule has 4 nitrogen and oxygen atoms in total. The molecule has 0 amide bonds. The van der Waals surface area contributed by atoms with Crippen LogP contribution in [0, 0.1) is 11.7 Å². The van der Waals surface area contributed by atoms with Crippen molar-refractivity contribution in [3.05, 3.63) is 24.0 Å². The molecular formula is C16H19FN2O2S. The Balaban J connectivity index is 1.58. The van der Waals surface area contributed by atoms with Gasteiger partial charge in [-0.05, 0) is 50.8 Å². The van der Waals surface area contributed by atoms with Gasteiger partial charge in [-0.2, -0.15) is 0 Å². The molecule has 1 fully saturated rings. The van der Waals surface area contributed by atoms with Crippen LogP contribution in [0.3, 0.4) is 0 Å². The summed E-state index contributed by atoms with van der Waals surface area (Å²) >= 11 is 1.47. The zero-order valence-corrected chi connectivity index (χ0v) is 13.3. The van der Waals surface area contributed by atoms with E-state index in [0.29, 0.717) is 12.6 Å². The van der Waals surface area contributed by atoms with Gasteiger partial charge in [-0.3, -0.25) is 4.79 Å². The maximum absolute atomic E-state index is 13.2. The predicted molar refractivity (Wildman–Crippen MR) is 85.6 cm³/mol. The zero-order chi connectivity index (χ0) is 15.5.